The minimum atomic E-state index is -0.0760. The van der Waals surface area contributed by atoms with Crippen LogP contribution >= 0.6 is 0 Å². The van der Waals surface area contributed by atoms with Crippen LogP contribution in [0.5, 0.6) is 0 Å². The van der Waals surface area contributed by atoms with Gasteiger partial charge in [-0.1, -0.05) is 12.1 Å². The number of hydrogen-bond donors (Lipinski definition) is 3. The molecule has 3 nitrogen and oxygen atoms in total. The van der Waals surface area contributed by atoms with Crippen LogP contribution in [0.4, 0.5) is 5.69 Å². The van der Waals surface area contributed by atoms with Gasteiger partial charge in [-0.2, -0.15) is 0 Å². The highest BCUT2D eigenvalue weighted by molar-refractivity contribution is 5.51. The number of hydrazine groups is 1. The SMILES string of the molecule is Cc1ccc(C)c(NNCO)c1. The monoisotopic (exact) mass is 166 g/mol. The third-order valence-electron chi connectivity index (χ3n) is 1.70. The Morgan fingerprint density at radius 2 is 2.08 bits per heavy atom. The van der Waals surface area contributed by atoms with Crippen molar-refractivity contribution in [2.24, 2.45) is 0 Å². The van der Waals surface area contributed by atoms with Gasteiger partial charge in [0.05, 0.1) is 5.69 Å². The second-order valence-corrected chi connectivity index (χ2v) is 2.78. The first-order valence-electron chi connectivity index (χ1n) is 3.91. The Kier molecular flexibility index (Phi) is 3.08. The highest BCUT2D eigenvalue weighted by Gasteiger charge is 1.95. The normalized spacial score (nSPS) is 9.92. The number of nitrogens with one attached hydrogen (secondary N) is 2. The second-order valence-electron chi connectivity index (χ2n) is 2.78. The molecule has 0 aromatic heterocycles. The highest BCUT2D eigenvalue weighted by Crippen LogP contribution is 2.14. The van der Waals surface area contributed by atoms with Gasteiger partial charge in [0.1, 0.15) is 6.73 Å². The molecule has 0 radical (unpaired) electrons. The van der Waals surface area contributed by atoms with Crippen molar-refractivity contribution in [2.45, 2.75) is 13.8 Å². The summed E-state index contributed by atoms with van der Waals surface area (Å²) in [5.41, 5.74) is 8.90. The molecule has 0 atom stereocenters. The van der Waals surface area contributed by atoms with Crippen LogP contribution < -0.4 is 10.9 Å². The maximum atomic E-state index is 8.51. The molecule has 1 aromatic carbocycles. The van der Waals surface area contributed by atoms with Gasteiger partial charge in [-0.15, -0.1) is 0 Å². The lowest BCUT2D eigenvalue weighted by molar-refractivity contribution is 0.272. The molecule has 12 heavy (non-hydrogen) atoms. The van der Waals surface area contributed by atoms with E-state index in [0.717, 1.165) is 11.3 Å². The fourth-order valence-electron chi connectivity index (χ4n) is 1.01. The minimum absolute atomic E-state index is 0.0760. The van der Waals surface area contributed by atoms with E-state index in [2.05, 4.69) is 16.9 Å². The van der Waals surface area contributed by atoms with E-state index < -0.39 is 0 Å². The molecule has 1 rings (SSSR count). The Labute approximate surface area is 72.4 Å². The fourth-order valence-corrected chi connectivity index (χ4v) is 1.01. The van der Waals surface area contributed by atoms with E-state index in [1.807, 2.05) is 26.0 Å². The van der Waals surface area contributed by atoms with Crippen molar-refractivity contribution >= 4 is 5.69 Å². The smallest absolute Gasteiger partial charge is 0.110 e. The maximum Gasteiger partial charge on any atom is 0.110 e. The van der Waals surface area contributed by atoms with Gasteiger partial charge in [0.25, 0.3) is 0 Å². The quantitative estimate of drug-likeness (QED) is 0.466. The number of aliphatic hydroxyl groups excluding tert-OH is 1. The first-order valence-corrected chi connectivity index (χ1v) is 3.91. The summed E-state index contributed by atoms with van der Waals surface area (Å²) in [5, 5.41) is 8.51. The summed E-state index contributed by atoms with van der Waals surface area (Å²) in [7, 11) is 0. The molecule has 3 N–H and O–H groups in total. The zero-order valence-electron chi connectivity index (χ0n) is 7.39. The van der Waals surface area contributed by atoms with E-state index in [1.54, 1.807) is 0 Å². The molecule has 0 aliphatic heterocycles. The van der Waals surface area contributed by atoms with E-state index in [4.69, 9.17) is 5.11 Å². The average molecular weight is 166 g/mol. The summed E-state index contributed by atoms with van der Waals surface area (Å²) in [6, 6.07) is 6.12. The fraction of sp³-hybridized carbons (Fsp3) is 0.333. The van der Waals surface area contributed by atoms with Crippen LogP contribution in [0.2, 0.25) is 0 Å². The summed E-state index contributed by atoms with van der Waals surface area (Å²) in [5.74, 6) is 0. The standard InChI is InChI=1S/C9H14N2O/c1-7-3-4-8(2)9(5-7)11-10-6-12/h3-5,10-12H,6H2,1-2H3. The molecule has 0 aliphatic carbocycles. The molecule has 3 heteroatoms. The third-order valence-corrected chi connectivity index (χ3v) is 1.70. The number of aryl methyl sites for hydroxylation is 2. The summed E-state index contributed by atoms with van der Waals surface area (Å²) in [4.78, 5) is 0. The Morgan fingerprint density at radius 1 is 1.33 bits per heavy atom. The topological polar surface area (TPSA) is 44.3 Å². The Hall–Kier alpha value is -1.06. The van der Waals surface area contributed by atoms with Gasteiger partial charge in [-0.05, 0) is 31.0 Å². The molecular weight excluding hydrogens is 152 g/mol. The largest absolute Gasteiger partial charge is 0.380 e. The second kappa shape index (κ2) is 4.09. The molecule has 0 fully saturated rings. The van der Waals surface area contributed by atoms with E-state index in [0.29, 0.717) is 0 Å². The van der Waals surface area contributed by atoms with Crippen LogP contribution in [0.15, 0.2) is 18.2 Å². The molecule has 0 heterocycles. The van der Waals surface area contributed by atoms with Gasteiger partial charge in [0, 0.05) is 0 Å². The molecule has 0 aliphatic rings. The van der Waals surface area contributed by atoms with Crippen LogP contribution in [-0.2, 0) is 0 Å². The summed E-state index contributed by atoms with van der Waals surface area (Å²) < 4.78 is 0. The van der Waals surface area contributed by atoms with Crippen molar-refractivity contribution in [3.8, 4) is 0 Å². The predicted octanol–water partition coefficient (Wildman–Crippen LogP) is 1.17. The molecule has 0 saturated carbocycles. The van der Waals surface area contributed by atoms with Crippen molar-refractivity contribution in [3.63, 3.8) is 0 Å². The molecule has 66 valence electrons. The number of aliphatic hydroxyl groups is 1. The molecule has 0 unspecified atom stereocenters. The van der Waals surface area contributed by atoms with Crippen molar-refractivity contribution in [3.05, 3.63) is 29.3 Å². The minimum Gasteiger partial charge on any atom is -0.380 e. The van der Waals surface area contributed by atoms with Crippen LogP contribution in [0.3, 0.4) is 0 Å². The number of benzene rings is 1. The lowest BCUT2D eigenvalue weighted by Gasteiger charge is -2.09. The van der Waals surface area contributed by atoms with Gasteiger partial charge < -0.3 is 10.5 Å². The van der Waals surface area contributed by atoms with Crippen molar-refractivity contribution < 1.29 is 5.11 Å². The zero-order chi connectivity index (χ0) is 8.97. The summed E-state index contributed by atoms with van der Waals surface area (Å²) >= 11 is 0. The van der Waals surface area contributed by atoms with Crippen LogP contribution in [0.1, 0.15) is 11.1 Å². The predicted molar refractivity (Wildman–Crippen MR) is 49.8 cm³/mol. The van der Waals surface area contributed by atoms with E-state index in [9.17, 15) is 0 Å². The van der Waals surface area contributed by atoms with Gasteiger partial charge in [-0.3, -0.25) is 0 Å². The van der Waals surface area contributed by atoms with Crippen molar-refractivity contribution in [1.82, 2.24) is 5.43 Å². The molecule has 0 bridgehead atoms. The van der Waals surface area contributed by atoms with Crippen LogP contribution in [0.25, 0.3) is 0 Å². The Balaban J connectivity index is 2.75. The van der Waals surface area contributed by atoms with Crippen LogP contribution in [-0.4, -0.2) is 11.8 Å². The van der Waals surface area contributed by atoms with Crippen LogP contribution in [0, 0.1) is 13.8 Å². The van der Waals surface area contributed by atoms with Gasteiger partial charge >= 0.3 is 0 Å². The van der Waals surface area contributed by atoms with Crippen molar-refractivity contribution in [1.29, 1.82) is 0 Å². The van der Waals surface area contributed by atoms with Crippen molar-refractivity contribution in [2.75, 3.05) is 12.2 Å². The lowest BCUT2D eigenvalue weighted by atomic mass is 10.1. The van der Waals surface area contributed by atoms with Gasteiger partial charge in [-0.25, -0.2) is 5.43 Å². The molecule has 1 aromatic rings. The maximum absolute atomic E-state index is 8.51. The first-order chi connectivity index (χ1) is 5.74. The summed E-state index contributed by atoms with van der Waals surface area (Å²) in [6.45, 7) is 3.97. The number of rotatable bonds is 3. The Morgan fingerprint density at radius 3 is 2.75 bits per heavy atom. The number of anilines is 1. The Bertz CT molecular complexity index is 261. The average Bonchev–Trinajstić information content (AvgIpc) is 2.07. The van der Waals surface area contributed by atoms with E-state index in [1.165, 1.54) is 5.56 Å². The van der Waals surface area contributed by atoms with E-state index >= 15 is 0 Å². The zero-order valence-corrected chi connectivity index (χ0v) is 7.39. The molecule has 0 amide bonds. The molecular formula is C9H14N2O. The van der Waals surface area contributed by atoms with Gasteiger partial charge in [0.2, 0.25) is 0 Å². The molecule has 0 saturated heterocycles. The highest BCUT2D eigenvalue weighted by atomic mass is 16.3. The van der Waals surface area contributed by atoms with E-state index in [-0.39, 0.29) is 6.73 Å². The third kappa shape index (κ3) is 2.22. The lowest BCUT2D eigenvalue weighted by Crippen LogP contribution is -2.22. The van der Waals surface area contributed by atoms with Gasteiger partial charge in [0.15, 0.2) is 0 Å². The number of hydrogen-bond acceptors (Lipinski definition) is 3. The molecule has 0 spiro atoms. The summed E-state index contributed by atoms with van der Waals surface area (Å²) in [6.07, 6.45) is 0. The first kappa shape index (κ1) is 9.03.